The molecule has 8 heteroatoms. The van der Waals surface area contributed by atoms with Gasteiger partial charge in [-0.25, -0.2) is 0 Å². The number of carboxylic acid groups (broad SMARTS) is 1. The second-order valence-electron chi connectivity index (χ2n) is 6.59. The maximum atomic E-state index is 12.4. The molecule has 0 heterocycles. The molecule has 2 atom stereocenters. The predicted octanol–water partition coefficient (Wildman–Crippen LogP) is 2.84. The molecule has 1 amide bonds. The first-order valence-corrected chi connectivity index (χ1v) is 11.0. The zero-order chi connectivity index (χ0) is 20.2. The van der Waals surface area contributed by atoms with Gasteiger partial charge in [0.05, 0.1) is 12.3 Å². The second-order valence-corrected chi connectivity index (χ2v) is 9.68. The molecule has 0 aliphatic rings. The molecule has 0 aromatic rings. The predicted molar refractivity (Wildman–Crippen MR) is 103 cm³/mol. The van der Waals surface area contributed by atoms with Gasteiger partial charge in [-0.1, -0.05) is 31.9 Å². The highest BCUT2D eigenvalue weighted by Gasteiger charge is 2.36. The van der Waals surface area contributed by atoms with E-state index in [2.05, 4.69) is 25.2 Å². The molecule has 0 fully saturated rings. The van der Waals surface area contributed by atoms with Gasteiger partial charge >= 0.3 is 14.8 Å². The Morgan fingerprint density at radius 1 is 1.15 bits per heavy atom. The number of carbonyl (C=O) groups is 2. The molecule has 0 saturated carbocycles. The molecule has 0 spiro atoms. The van der Waals surface area contributed by atoms with Crippen molar-refractivity contribution in [2.75, 3.05) is 27.9 Å². The highest BCUT2D eigenvalue weighted by atomic mass is 28.4. The highest BCUT2D eigenvalue weighted by Crippen LogP contribution is 2.19. The molecule has 0 rings (SSSR count). The molecule has 2 N–H and O–H groups in total. The second kappa shape index (κ2) is 13.0. The van der Waals surface area contributed by atoms with Crippen molar-refractivity contribution in [1.29, 1.82) is 0 Å². The summed E-state index contributed by atoms with van der Waals surface area (Å²) in [5, 5.41) is 11.9. The van der Waals surface area contributed by atoms with Gasteiger partial charge in [0.1, 0.15) is 0 Å². The number of nitrogens with one attached hydrogen (secondary N) is 1. The first kappa shape index (κ1) is 24.8. The fraction of sp³-hybridized carbons (Fsp3) is 0.778. The van der Waals surface area contributed by atoms with Gasteiger partial charge in [0.2, 0.25) is 5.91 Å². The Balaban J connectivity index is 4.65. The lowest BCUT2D eigenvalue weighted by Gasteiger charge is -2.24. The lowest BCUT2D eigenvalue weighted by atomic mass is 9.93. The third-order valence-electron chi connectivity index (χ3n) is 4.47. The number of hydrogen-bond acceptors (Lipinski definition) is 5. The minimum absolute atomic E-state index is 0.176. The van der Waals surface area contributed by atoms with Crippen molar-refractivity contribution in [2.45, 2.75) is 52.5 Å². The van der Waals surface area contributed by atoms with Gasteiger partial charge in [0.25, 0.3) is 0 Å². The van der Waals surface area contributed by atoms with Gasteiger partial charge in [0.15, 0.2) is 0 Å². The zero-order valence-electron chi connectivity index (χ0n) is 17.0. The summed E-state index contributed by atoms with van der Waals surface area (Å²) in [5.41, 5.74) is 1.05. The van der Waals surface area contributed by atoms with E-state index in [1.54, 1.807) is 21.3 Å². The summed E-state index contributed by atoms with van der Waals surface area (Å²) < 4.78 is 16.0. The average molecular weight is 390 g/mol. The number of hydrogen-bond donors (Lipinski definition) is 2. The molecule has 0 radical (unpaired) electrons. The van der Waals surface area contributed by atoms with Crippen LogP contribution in [0, 0.1) is 11.8 Å². The van der Waals surface area contributed by atoms with Crippen molar-refractivity contribution in [2.24, 2.45) is 11.8 Å². The molecular weight excluding hydrogens is 354 g/mol. The van der Waals surface area contributed by atoms with E-state index in [1.165, 1.54) is 0 Å². The van der Waals surface area contributed by atoms with Gasteiger partial charge in [-0.2, -0.15) is 0 Å². The van der Waals surface area contributed by atoms with Crippen LogP contribution in [0.25, 0.3) is 0 Å². The van der Waals surface area contributed by atoms with Gasteiger partial charge < -0.3 is 23.7 Å². The van der Waals surface area contributed by atoms with Crippen LogP contribution in [-0.4, -0.2) is 53.7 Å². The zero-order valence-corrected chi connectivity index (χ0v) is 18.0. The van der Waals surface area contributed by atoms with Crippen LogP contribution in [0.1, 0.15) is 46.5 Å². The maximum Gasteiger partial charge on any atom is 0.500 e. The topological polar surface area (TPSA) is 94.1 Å². The molecular formula is C18H35NO6Si. The Kier molecular flexibility index (Phi) is 12.4. The van der Waals surface area contributed by atoms with Crippen LogP contribution in [0.4, 0.5) is 0 Å². The number of carboxylic acids is 1. The summed E-state index contributed by atoms with van der Waals surface area (Å²) in [6.45, 7) is 6.57. The van der Waals surface area contributed by atoms with E-state index in [-0.39, 0.29) is 12.3 Å². The van der Waals surface area contributed by atoms with Crippen molar-refractivity contribution < 1.29 is 28.0 Å². The number of aliphatic carboxylic acids is 1. The van der Waals surface area contributed by atoms with E-state index in [1.807, 2.05) is 6.92 Å². The van der Waals surface area contributed by atoms with Crippen LogP contribution in [0.15, 0.2) is 11.6 Å². The summed E-state index contributed by atoms with van der Waals surface area (Å²) in [6.07, 6.45) is 4.03. The Hall–Kier alpha value is -1.22. The molecule has 26 heavy (non-hydrogen) atoms. The third kappa shape index (κ3) is 9.47. The lowest BCUT2D eigenvalue weighted by molar-refractivity contribution is -0.141. The summed E-state index contributed by atoms with van der Waals surface area (Å²) in [5.74, 6) is -1.35. The van der Waals surface area contributed by atoms with Crippen LogP contribution < -0.4 is 5.32 Å². The molecule has 0 aromatic carbocycles. The number of carbonyl (C=O) groups excluding carboxylic acids is 1. The van der Waals surface area contributed by atoms with Crippen LogP contribution in [0.2, 0.25) is 6.04 Å². The summed E-state index contributed by atoms with van der Waals surface area (Å²) in [4.78, 5) is 23.5. The lowest BCUT2D eigenvalue weighted by Crippen LogP contribution is -2.43. The van der Waals surface area contributed by atoms with Crippen molar-refractivity contribution in [3.63, 3.8) is 0 Å². The van der Waals surface area contributed by atoms with Gasteiger partial charge in [-0.05, 0) is 25.7 Å². The first-order chi connectivity index (χ1) is 12.2. The molecule has 0 aromatic heterocycles. The molecule has 7 nitrogen and oxygen atoms in total. The summed E-state index contributed by atoms with van der Waals surface area (Å²) >= 11 is 0. The van der Waals surface area contributed by atoms with Gasteiger partial charge in [0, 0.05) is 33.9 Å². The van der Waals surface area contributed by atoms with Crippen LogP contribution >= 0.6 is 0 Å². The fourth-order valence-corrected chi connectivity index (χ4v) is 4.47. The van der Waals surface area contributed by atoms with E-state index >= 15 is 0 Å². The fourth-order valence-electron chi connectivity index (χ4n) is 2.75. The first-order valence-electron chi connectivity index (χ1n) is 9.05. The van der Waals surface area contributed by atoms with E-state index in [0.29, 0.717) is 31.3 Å². The van der Waals surface area contributed by atoms with E-state index in [9.17, 15) is 9.59 Å². The molecule has 0 aliphatic heterocycles. The van der Waals surface area contributed by atoms with Gasteiger partial charge in [-0.15, -0.1) is 0 Å². The Bertz CT molecular complexity index is 456. The summed E-state index contributed by atoms with van der Waals surface area (Å²) in [6, 6.07) is 0.577. The molecule has 0 bridgehead atoms. The Labute approximate surface area is 158 Å². The van der Waals surface area contributed by atoms with Crippen molar-refractivity contribution in [3.05, 3.63) is 11.6 Å². The highest BCUT2D eigenvalue weighted by molar-refractivity contribution is 6.60. The summed E-state index contributed by atoms with van der Waals surface area (Å²) in [7, 11) is 2.00. The Morgan fingerprint density at radius 2 is 1.73 bits per heavy atom. The number of allylic oxidation sites excluding steroid dienone is 2. The van der Waals surface area contributed by atoms with E-state index in [0.717, 1.165) is 12.0 Å². The molecule has 2 unspecified atom stereocenters. The van der Waals surface area contributed by atoms with Crippen molar-refractivity contribution in [1.82, 2.24) is 5.32 Å². The minimum Gasteiger partial charge on any atom is -0.481 e. The molecule has 0 saturated heterocycles. The average Bonchev–Trinajstić information content (AvgIpc) is 2.61. The number of rotatable bonds is 14. The maximum absolute atomic E-state index is 12.4. The van der Waals surface area contributed by atoms with Crippen LogP contribution in [0.5, 0.6) is 0 Å². The van der Waals surface area contributed by atoms with Crippen LogP contribution in [0.3, 0.4) is 0 Å². The molecule has 152 valence electrons. The third-order valence-corrected chi connectivity index (χ3v) is 7.30. The minimum atomic E-state index is -2.65. The smallest absolute Gasteiger partial charge is 0.481 e. The SMILES string of the molecule is CCC(C)/C=C(\C)CC(CC(=O)O)C(=O)NCCC[Si](OC)(OC)OC. The Morgan fingerprint density at radius 3 is 2.19 bits per heavy atom. The van der Waals surface area contributed by atoms with E-state index < -0.39 is 20.7 Å². The molecule has 0 aliphatic carbocycles. The standard InChI is InChI=1S/C18H35NO6Si/c1-7-14(2)11-15(3)12-16(13-17(20)21)18(22)19-9-8-10-26(23-4,24-5)25-6/h11,14,16H,7-10,12-13H2,1-6H3,(H,19,22)(H,20,21)/b15-11+. The largest absolute Gasteiger partial charge is 0.500 e. The number of amides is 1. The van der Waals surface area contributed by atoms with Crippen LogP contribution in [-0.2, 0) is 22.9 Å². The normalized spacial score (nSPS) is 14.8. The monoisotopic (exact) mass is 389 g/mol. The van der Waals surface area contributed by atoms with Crippen molar-refractivity contribution >= 4 is 20.7 Å². The van der Waals surface area contributed by atoms with Gasteiger partial charge in [-0.3, -0.25) is 9.59 Å². The van der Waals surface area contributed by atoms with E-state index in [4.69, 9.17) is 18.4 Å². The quantitative estimate of drug-likeness (QED) is 0.269. The van der Waals surface area contributed by atoms with Crippen molar-refractivity contribution in [3.8, 4) is 0 Å².